The number of benzene rings is 1. The van der Waals surface area contributed by atoms with Crippen LogP contribution in [-0.4, -0.2) is 30.8 Å². The van der Waals surface area contributed by atoms with Gasteiger partial charge in [0.05, 0.1) is 11.3 Å². The lowest BCUT2D eigenvalue weighted by atomic mass is 10.2. The molecule has 0 aliphatic rings. The molecule has 0 saturated heterocycles. The fraction of sp³-hybridized carbons (Fsp3) is 0. The lowest BCUT2D eigenvalue weighted by molar-refractivity contribution is -0.394. The van der Waals surface area contributed by atoms with E-state index in [4.69, 9.17) is 5.11 Å². The summed E-state index contributed by atoms with van der Waals surface area (Å²) in [6, 6.07) is 4.46. The van der Waals surface area contributed by atoms with Gasteiger partial charge in [0, 0.05) is 9.57 Å². The maximum Gasteiger partial charge on any atom is 0.491 e. The first-order chi connectivity index (χ1) is 8.49. The van der Waals surface area contributed by atoms with Gasteiger partial charge < -0.3 is 15.2 Å². The van der Waals surface area contributed by atoms with Gasteiger partial charge in [-0.25, -0.2) is 4.79 Å². The molecular weight excluding hydrogens is 308 g/mol. The van der Waals surface area contributed by atoms with Gasteiger partial charge in [-0.05, 0) is 23.1 Å². The van der Waals surface area contributed by atoms with E-state index in [9.17, 15) is 14.9 Å². The molecule has 0 aliphatic carbocycles. The van der Waals surface area contributed by atoms with Crippen LogP contribution in [0.25, 0.3) is 5.69 Å². The average Bonchev–Trinajstić information content (AvgIpc) is 2.78. The Kier molecular flexibility index (Phi) is 3.06. The predicted octanol–water partition coefficient (Wildman–Crippen LogP) is 1.64. The van der Waals surface area contributed by atoms with Crippen LogP contribution in [0.3, 0.4) is 0 Å². The summed E-state index contributed by atoms with van der Waals surface area (Å²) in [6.07, 6.45) is 1.09. The number of aromatic nitrogens is 3. The van der Waals surface area contributed by atoms with Crippen LogP contribution in [0, 0.1) is 10.1 Å². The maximum absolute atomic E-state index is 11.1. The van der Waals surface area contributed by atoms with E-state index in [1.807, 2.05) is 0 Å². The van der Waals surface area contributed by atoms with Gasteiger partial charge in [0.2, 0.25) is 6.33 Å². The molecule has 0 bridgehead atoms. The average molecular weight is 313 g/mol. The summed E-state index contributed by atoms with van der Waals surface area (Å²) in [4.78, 5) is 24.2. The van der Waals surface area contributed by atoms with E-state index in [-0.39, 0.29) is 11.3 Å². The molecule has 18 heavy (non-hydrogen) atoms. The molecule has 0 fully saturated rings. The number of carboxylic acids is 1. The predicted molar refractivity (Wildman–Crippen MR) is 62.7 cm³/mol. The molecule has 0 radical (unpaired) electrons. The molecule has 2 aromatic rings. The first-order valence-corrected chi connectivity index (χ1v) is 5.37. The number of nitrogens with zero attached hydrogens (tertiary/aromatic N) is 4. The van der Waals surface area contributed by atoms with Crippen molar-refractivity contribution in [2.45, 2.75) is 0 Å². The SMILES string of the molecule is O=C(O)c1cc(Br)ccc1-n1cnc([N+](=O)[O-])n1. The lowest BCUT2D eigenvalue weighted by Crippen LogP contribution is -2.06. The normalized spacial score (nSPS) is 10.3. The van der Waals surface area contributed by atoms with E-state index in [1.54, 1.807) is 6.07 Å². The Hall–Kier alpha value is -2.29. The van der Waals surface area contributed by atoms with E-state index in [1.165, 1.54) is 12.1 Å². The molecule has 0 amide bonds. The van der Waals surface area contributed by atoms with Crippen molar-refractivity contribution >= 4 is 27.8 Å². The van der Waals surface area contributed by atoms with Gasteiger partial charge in [-0.1, -0.05) is 20.9 Å². The molecule has 9 heteroatoms. The lowest BCUT2D eigenvalue weighted by Gasteiger charge is -2.02. The Morgan fingerprint density at radius 1 is 1.50 bits per heavy atom. The molecule has 0 saturated carbocycles. The first kappa shape index (κ1) is 12.2. The minimum Gasteiger partial charge on any atom is -0.478 e. The largest absolute Gasteiger partial charge is 0.491 e. The van der Waals surface area contributed by atoms with Crippen LogP contribution < -0.4 is 0 Å². The van der Waals surface area contributed by atoms with Gasteiger partial charge in [0.15, 0.2) is 0 Å². The zero-order valence-corrected chi connectivity index (χ0v) is 10.2. The van der Waals surface area contributed by atoms with E-state index >= 15 is 0 Å². The second-order valence-electron chi connectivity index (χ2n) is 3.21. The summed E-state index contributed by atoms with van der Waals surface area (Å²) < 4.78 is 1.63. The molecule has 1 heterocycles. The van der Waals surface area contributed by atoms with Crippen molar-refractivity contribution < 1.29 is 14.8 Å². The Morgan fingerprint density at radius 3 is 2.78 bits per heavy atom. The van der Waals surface area contributed by atoms with Crippen LogP contribution in [-0.2, 0) is 0 Å². The summed E-state index contributed by atoms with van der Waals surface area (Å²) in [5.74, 6) is -1.75. The second-order valence-corrected chi connectivity index (χ2v) is 4.13. The van der Waals surface area contributed by atoms with E-state index in [0.29, 0.717) is 4.47 Å². The van der Waals surface area contributed by atoms with E-state index < -0.39 is 16.8 Å². The summed E-state index contributed by atoms with van der Waals surface area (Å²) in [5.41, 5.74) is 0.162. The van der Waals surface area contributed by atoms with E-state index in [0.717, 1.165) is 11.0 Å². The van der Waals surface area contributed by atoms with Crippen molar-refractivity contribution in [1.82, 2.24) is 14.8 Å². The number of rotatable bonds is 3. The Bertz CT molecular complexity index is 639. The number of nitro groups is 1. The topological polar surface area (TPSA) is 111 Å². The van der Waals surface area contributed by atoms with E-state index in [2.05, 4.69) is 26.0 Å². The number of carboxylic acid groups (broad SMARTS) is 1. The first-order valence-electron chi connectivity index (χ1n) is 4.58. The second kappa shape index (κ2) is 4.53. The van der Waals surface area contributed by atoms with Crippen LogP contribution in [0.4, 0.5) is 5.95 Å². The summed E-state index contributed by atoms with van der Waals surface area (Å²) in [7, 11) is 0. The third kappa shape index (κ3) is 2.20. The number of hydrogen-bond donors (Lipinski definition) is 1. The summed E-state index contributed by atoms with van der Waals surface area (Å²) in [6.45, 7) is 0. The molecule has 1 N–H and O–H groups in total. The molecule has 8 nitrogen and oxygen atoms in total. The molecule has 0 spiro atoms. The van der Waals surface area contributed by atoms with Gasteiger partial charge in [-0.3, -0.25) is 0 Å². The Balaban J connectivity index is 2.55. The molecule has 0 aliphatic heterocycles. The van der Waals surface area contributed by atoms with Crippen molar-refractivity contribution in [2.75, 3.05) is 0 Å². The number of halogens is 1. The zero-order valence-electron chi connectivity index (χ0n) is 8.65. The van der Waals surface area contributed by atoms with Crippen LogP contribution in [0.15, 0.2) is 29.0 Å². The van der Waals surface area contributed by atoms with Crippen LogP contribution in [0.5, 0.6) is 0 Å². The van der Waals surface area contributed by atoms with Crippen LogP contribution >= 0.6 is 15.9 Å². The Morgan fingerprint density at radius 2 is 2.22 bits per heavy atom. The number of hydrogen-bond acceptors (Lipinski definition) is 5. The highest BCUT2D eigenvalue weighted by Gasteiger charge is 2.19. The summed E-state index contributed by atoms with van der Waals surface area (Å²) >= 11 is 3.15. The standard InChI is InChI=1S/C9H5BrN4O4/c10-5-1-2-7(6(3-5)8(15)16)13-4-11-9(12-13)14(17)18/h1-4H,(H,15,16). The molecular formula is C9H5BrN4O4. The van der Waals surface area contributed by atoms with Crippen molar-refractivity contribution in [3.05, 3.63) is 44.7 Å². The molecule has 92 valence electrons. The molecule has 2 rings (SSSR count). The monoisotopic (exact) mass is 312 g/mol. The third-order valence-corrected chi connectivity index (χ3v) is 2.57. The quantitative estimate of drug-likeness (QED) is 0.681. The number of aromatic carboxylic acids is 1. The van der Waals surface area contributed by atoms with Gasteiger partial charge >= 0.3 is 11.9 Å². The van der Waals surface area contributed by atoms with Crippen molar-refractivity contribution in [3.8, 4) is 5.69 Å². The summed E-state index contributed by atoms with van der Waals surface area (Å²) in [5, 5.41) is 23.1. The van der Waals surface area contributed by atoms with Gasteiger partial charge in [-0.15, -0.1) is 4.68 Å². The highest BCUT2D eigenvalue weighted by Crippen LogP contribution is 2.20. The third-order valence-electron chi connectivity index (χ3n) is 2.08. The van der Waals surface area contributed by atoms with Crippen LogP contribution in [0.2, 0.25) is 0 Å². The minimum absolute atomic E-state index is 0.0378. The Labute approximate surface area is 108 Å². The van der Waals surface area contributed by atoms with Crippen molar-refractivity contribution in [3.63, 3.8) is 0 Å². The minimum atomic E-state index is -1.16. The fourth-order valence-electron chi connectivity index (χ4n) is 1.33. The molecule has 0 unspecified atom stereocenters. The molecule has 1 aromatic heterocycles. The van der Waals surface area contributed by atoms with Gasteiger partial charge in [-0.2, -0.15) is 0 Å². The van der Waals surface area contributed by atoms with Gasteiger partial charge in [0.1, 0.15) is 0 Å². The highest BCUT2D eigenvalue weighted by molar-refractivity contribution is 9.10. The zero-order chi connectivity index (χ0) is 13.3. The van der Waals surface area contributed by atoms with Gasteiger partial charge in [0.25, 0.3) is 0 Å². The molecule has 1 aromatic carbocycles. The number of carbonyl (C=O) groups is 1. The van der Waals surface area contributed by atoms with Crippen molar-refractivity contribution in [1.29, 1.82) is 0 Å². The smallest absolute Gasteiger partial charge is 0.478 e. The fourth-order valence-corrected chi connectivity index (χ4v) is 1.69. The maximum atomic E-state index is 11.1. The van der Waals surface area contributed by atoms with Crippen molar-refractivity contribution in [2.24, 2.45) is 0 Å². The van der Waals surface area contributed by atoms with Crippen LogP contribution in [0.1, 0.15) is 10.4 Å². The molecule has 0 atom stereocenters. The highest BCUT2D eigenvalue weighted by atomic mass is 79.9.